The summed E-state index contributed by atoms with van der Waals surface area (Å²) in [5, 5.41) is 0. The molecule has 1 rings (SSSR count). The molecule has 0 aromatic rings. The summed E-state index contributed by atoms with van der Waals surface area (Å²) in [6.07, 6.45) is 18.5. The maximum absolute atomic E-state index is 2.31. The van der Waals surface area contributed by atoms with Crippen LogP contribution in [0, 0.1) is 0 Å². The Kier molecular flexibility index (Phi) is 8.48. The number of hydrogen-bond donors (Lipinski definition) is 0. The highest BCUT2D eigenvalue weighted by atomic mass is 14.2. The lowest BCUT2D eigenvalue weighted by Crippen LogP contribution is -2.00. The van der Waals surface area contributed by atoms with Crippen LogP contribution >= 0.6 is 0 Å². The van der Waals surface area contributed by atoms with E-state index in [1.165, 1.54) is 83.5 Å². The van der Waals surface area contributed by atoms with E-state index in [2.05, 4.69) is 13.8 Å². The van der Waals surface area contributed by atoms with E-state index in [1.54, 1.807) is 0 Å². The first kappa shape index (κ1) is 14.8. The first-order valence-electron chi connectivity index (χ1n) is 8.08. The smallest absolute Gasteiger partial charge is 0.0318 e. The molecule has 0 heterocycles. The molecule has 1 aliphatic carbocycles. The molecule has 17 heavy (non-hydrogen) atoms. The van der Waals surface area contributed by atoms with Crippen LogP contribution in [0.5, 0.6) is 0 Å². The number of hydrogen-bond acceptors (Lipinski definition) is 0. The van der Waals surface area contributed by atoms with Gasteiger partial charge in [-0.15, -0.1) is 0 Å². The lowest BCUT2D eigenvalue weighted by atomic mass is 9.87. The summed E-state index contributed by atoms with van der Waals surface area (Å²) in [7, 11) is 0. The molecule has 1 saturated carbocycles. The molecule has 0 unspecified atom stereocenters. The molecule has 1 fully saturated rings. The van der Waals surface area contributed by atoms with Gasteiger partial charge in [-0.2, -0.15) is 0 Å². The van der Waals surface area contributed by atoms with E-state index < -0.39 is 0 Å². The van der Waals surface area contributed by atoms with Crippen molar-refractivity contribution in [3.8, 4) is 0 Å². The quantitative estimate of drug-likeness (QED) is 0.337. The fraction of sp³-hybridized carbons (Fsp3) is 0.882. The van der Waals surface area contributed by atoms with Crippen LogP contribution in [0.15, 0.2) is 11.1 Å². The van der Waals surface area contributed by atoms with Crippen molar-refractivity contribution in [2.24, 2.45) is 0 Å². The van der Waals surface area contributed by atoms with Gasteiger partial charge in [0.05, 0.1) is 0 Å². The SMILES string of the molecule is CCCCCC(CCCCC)=C1CCCCC1. The van der Waals surface area contributed by atoms with Gasteiger partial charge in [0.1, 0.15) is 0 Å². The van der Waals surface area contributed by atoms with Gasteiger partial charge < -0.3 is 0 Å². The molecular formula is C17H32. The first-order valence-corrected chi connectivity index (χ1v) is 8.08. The van der Waals surface area contributed by atoms with Gasteiger partial charge in [-0.1, -0.05) is 57.1 Å². The van der Waals surface area contributed by atoms with E-state index >= 15 is 0 Å². The van der Waals surface area contributed by atoms with Gasteiger partial charge in [-0.3, -0.25) is 0 Å². The molecule has 100 valence electrons. The largest absolute Gasteiger partial charge is 0.0710 e. The van der Waals surface area contributed by atoms with Crippen LogP contribution in [0.1, 0.15) is 97.3 Å². The summed E-state index contributed by atoms with van der Waals surface area (Å²) in [6.45, 7) is 4.62. The lowest BCUT2D eigenvalue weighted by Gasteiger charge is -2.19. The van der Waals surface area contributed by atoms with Gasteiger partial charge >= 0.3 is 0 Å². The highest BCUT2D eigenvalue weighted by Crippen LogP contribution is 2.30. The fourth-order valence-electron chi connectivity index (χ4n) is 2.99. The minimum Gasteiger partial charge on any atom is -0.0710 e. The number of rotatable bonds is 8. The average molecular weight is 236 g/mol. The molecule has 0 N–H and O–H groups in total. The predicted octanol–water partition coefficient (Wildman–Crippen LogP) is 6.41. The summed E-state index contributed by atoms with van der Waals surface area (Å²) in [5.74, 6) is 0. The number of unbranched alkanes of at least 4 members (excludes halogenated alkanes) is 4. The van der Waals surface area contributed by atoms with Crippen molar-refractivity contribution < 1.29 is 0 Å². The molecule has 0 heteroatoms. The molecule has 0 aromatic carbocycles. The number of allylic oxidation sites excluding steroid dienone is 2. The van der Waals surface area contributed by atoms with Crippen LogP contribution in [0.2, 0.25) is 0 Å². The van der Waals surface area contributed by atoms with Crippen LogP contribution in [0.4, 0.5) is 0 Å². The zero-order valence-electron chi connectivity index (χ0n) is 12.2. The minimum atomic E-state index is 1.36. The predicted molar refractivity (Wildman–Crippen MR) is 78.4 cm³/mol. The maximum atomic E-state index is 2.31. The monoisotopic (exact) mass is 236 g/mol. The van der Waals surface area contributed by atoms with Crippen molar-refractivity contribution in [2.45, 2.75) is 97.3 Å². The molecule has 0 amide bonds. The Morgan fingerprint density at radius 3 is 1.76 bits per heavy atom. The zero-order chi connectivity index (χ0) is 12.3. The molecule has 0 aromatic heterocycles. The molecule has 0 aliphatic heterocycles. The summed E-state index contributed by atoms with van der Waals surface area (Å²) >= 11 is 0. The topological polar surface area (TPSA) is 0 Å². The van der Waals surface area contributed by atoms with Gasteiger partial charge in [-0.25, -0.2) is 0 Å². The molecule has 1 aliphatic rings. The average Bonchev–Trinajstić information content (AvgIpc) is 2.38. The zero-order valence-corrected chi connectivity index (χ0v) is 12.2. The normalized spacial score (nSPS) is 16.2. The molecule has 0 spiro atoms. The molecular weight excluding hydrogens is 204 g/mol. The highest BCUT2D eigenvalue weighted by Gasteiger charge is 2.10. The Hall–Kier alpha value is -0.260. The van der Waals surface area contributed by atoms with E-state index in [0.717, 1.165) is 0 Å². The van der Waals surface area contributed by atoms with Gasteiger partial charge in [0, 0.05) is 0 Å². The highest BCUT2D eigenvalue weighted by molar-refractivity contribution is 5.15. The van der Waals surface area contributed by atoms with Crippen molar-refractivity contribution in [3.05, 3.63) is 11.1 Å². The minimum absolute atomic E-state index is 1.36. The van der Waals surface area contributed by atoms with Crippen LogP contribution in [0.25, 0.3) is 0 Å². The molecule has 0 radical (unpaired) electrons. The second kappa shape index (κ2) is 9.74. The van der Waals surface area contributed by atoms with Crippen molar-refractivity contribution in [2.75, 3.05) is 0 Å². The van der Waals surface area contributed by atoms with Gasteiger partial charge in [-0.05, 0) is 51.4 Å². The first-order chi connectivity index (χ1) is 8.38. The summed E-state index contributed by atoms with van der Waals surface area (Å²) < 4.78 is 0. The molecule has 0 nitrogen and oxygen atoms in total. The van der Waals surface area contributed by atoms with Crippen molar-refractivity contribution >= 4 is 0 Å². The lowest BCUT2D eigenvalue weighted by molar-refractivity contribution is 0.572. The Bertz CT molecular complexity index is 192. The summed E-state index contributed by atoms with van der Waals surface area (Å²) in [4.78, 5) is 0. The van der Waals surface area contributed by atoms with Gasteiger partial charge in [0.25, 0.3) is 0 Å². The molecule has 0 bridgehead atoms. The van der Waals surface area contributed by atoms with E-state index in [1.807, 2.05) is 11.1 Å². The summed E-state index contributed by atoms with van der Waals surface area (Å²) in [6, 6.07) is 0. The van der Waals surface area contributed by atoms with E-state index in [0.29, 0.717) is 0 Å². The Labute approximate surface area is 109 Å². The fourth-order valence-corrected chi connectivity index (χ4v) is 2.99. The standard InChI is InChI=1S/C17H32/c1-3-5-8-12-16(13-9-6-4-2)17-14-10-7-11-15-17/h3-15H2,1-2H3. The van der Waals surface area contributed by atoms with Crippen molar-refractivity contribution in [1.29, 1.82) is 0 Å². The van der Waals surface area contributed by atoms with E-state index in [9.17, 15) is 0 Å². The third-order valence-electron chi connectivity index (χ3n) is 4.12. The van der Waals surface area contributed by atoms with Crippen molar-refractivity contribution in [1.82, 2.24) is 0 Å². The van der Waals surface area contributed by atoms with Crippen molar-refractivity contribution in [3.63, 3.8) is 0 Å². The summed E-state index contributed by atoms with van der Waals surface area (Å²) in [5.41, 5.74) is 3.73. The molecule has 0 atom stereocenters. The van der Waals surface area contributed by atoms with E-state index in [-0.39, 0.29) is 0 Å². The second-order valence-corrected chi connectivity index (χ2v) is 5.68. The Balaban J connectivity index is 2.43. The second-order valence-electron chi connectivity index (χ2n) is 5.68. The molecule has 0 saturated heterocycles. The van der Waals surface area contributed by atoms with Crippen LogP contribution < -0.4 is 0 Å². The maximum Gasteiger partial charge on any atom is -0.0318 e. The Morgan fingerprint density at radius 2 is 1.29 bits per heavy atom. The van der Waals surface area contributed by atoms with Crippen LogP contribution in [-0.4, -0.2) is 0 Å². The Morgan fingerprint density at radius 1 is 0.765 bits per heavy atom. The van der Waals surface area contributed by atoms with Crippen LogP contribution in [-0.2, 0) is 0 Å². The third kappa shape index (κ3) is 6.29. The van der Waals surface area contributed by atoms with Gasteiger partial charge in [0.2, 0.25) is 0 Å². The third-order valence-corrected chi connectivity index (χ3v) is 4.12. The van der Waals surface area contributed by atoms with Crippen LogP contribution in [0.3, 0.4) is 0 Å². The van der Waals surface area contributed by atoms with E-state index in [4.69, 9.17) is 0 Å². The van der Waals surface area contributed by atoms with Gasteiger partial charge in [0.15, 0.2) is 0 Å².